The topological polar surface area (TPSA) is 53.1 Å². The molecule has 18 heavy (non-hydrogen) atoms. The van der Waals surface area contributed by atoms with Gasteiger partial charge in [0.1, 0.15) is 0 Å². The molecular formula is C13H11Cl2NO2. The minimum absolute atomic E-state index is 0.306. The first-order chi connectivity index (χ1) is 8.58. The summed E-state index contributed by atoms with van der Waals surface area (Å²) in [4.78, 5) is 14.3. The molecule has 3 nitrogen and oxygen atoms in total. The van der Waals surface area contributed by atoms with Crippen LogP contribution in [0.15, 0.2) is 12.1 Å². The number of carbonyl (C=O) groups is 1. The van der Waals surface area contributed by atoms with Crippen molar-refractivity contribution < 1.29 is 9.90 Å². The van der Waals surface area contributed by atoms with Crippen LogP contribution < -0.4 is 0 Å². The average molecular weight is 284 g/mol. The Morgan fingerprint density at radius 3 is 2.89 bits per heavy atom. The van der Waals surface area contributed by atoms with E-state index in [0.717, 1.165) is 28.6 Å². The van der Waals surface area contributed by atoms with Gasteiger partial charge in [-0.15, -0.1) is 0 Å². The lowest BCUT2D eigenvalue weighted by Gasteiger charge is -2.18. The van der Waals surface area contributed by atoms with Crippen LogP contribution in [0.2, 0.25) is 10.0 Å². The van der Waals surface area contributed by atoms with Gasteiger partial charge in [0.25, 0.3) is 0 Å². The SMILES string of the molecule is O=C(O)C1CCc2c([nH]c3ccc(Cl)c(Cl)c23)C1. The minimum atomic E-state index is -0.733. The molecule has 0 amide bonds. The Hall–Kier alpha value is -1.19. The number of aromatic nitrogens is 1. The molecule has 0 radical (unpaired) electrons. The van der Waals surface area contributed by atoms with Gasteiger partial charge in [0.2, 0.25) is 0 Å². The largest absolute Gasteiger partial charge is 0.481 e. The number of hydrogen-bond donors (Lipinski definition) is 2. The highest BCUT2D eigenvalue weighted by Gasteiger charge is 2.27. The van der Waals surface area contributed by atoms with Crippen molar-refractivity contribution in [2.75, 3.05) is 0 Å². The summed E-state index contributed by atoms with van der Waals surface area (Å²) in [5.41, 5.74) is 3.03. The van der Waals surface area contributed by atoms with E-state index in [4.69, 9.17) is 28.3 Å². The summed E-state index contributed by atoms with van der Waals surface area (Å²) in [6.07, 6.45) is 1.91. The van der Waals surface area contributed by atoms with Crippen LogP contribution in [0.4, 0.5) is 0 Å². The number of nitrogens with one attached hydrogen (secondary N) is 1. The molecule has 1 aromatic heterocycles. The smallest absolute Gasteiger partial charge is 0.306 e. The Labute approximate surface area is 114 Å². The molecule has 94 valence electrons. The fraction of sp³-hybridized carbons (Fsp3) is 0.308. The molecule has 0 saturated carbocycles. The second-order valence-corrected chi connectivity index (χ2v) is 5.43. The monoisotopic (exact) mass is 283 g/mol. The Bertz CT molecular complexity index is 648. The molecule has 0 spiro atoms. The van der Waals surface area contributed by atoms with Crippen molar-refractivity contribution in [1.82, 2.24) is 4.98 Å². The summed E-state index contributed by atoms with van der Waals surface area (Å²) in [6.45, 7) is 0. The van der Waals surface area contributed by atoms with Gasteiger partial charge in [-0.05, 0) is 30.5 Å². The van der Waals surface area contributed by atoms with Crippen LogP contribution in [0.1, 0.15) is 17.7 Å². The summed E-state index contributed by atoms with van der Waals surface area (Å²) >= 11 is 12.3. The van der Waals surface area contributed by atoms with E-state index in [0.29, 0.717) is 22.9 Å². The third-order valence-corrected chi connectivity index (χ3v) is 4.39. The number of aliphatic carboxylic acids is 1. The molecule has 5 heteroatoms. The van der Waals surface area contributed by atoms with Crippen molar-refractivity contribution in [3.63, 3.8) is 0 Å². The number of aryl methyl sites for hydroxylation is 1. The highest BCUT2D eigenvalue weighted by atomic mass is 35.5. The zero-order valence-corrected chi connectivity index (χ0v) is 11.0. The molecule has 1 unspecified atom stereocenters. The fourth-order valence-corrected chi connectivity index (χ4v) is 3.10. The molecule has 1 aliphatic carbocycles. The Kier molecular flexibility index (Phi) is 2.76. The van der Waals surface area contributed by atoms with Crippen molar-refractivity contribution in [2.24, 2.45) is 5.92 Å². The van der Waals surface area contributed by atoms with Gasteiger partial charge in [-0.3, -0.25) is 4.79 Å². The summed E-state index contributed by atoms with van der Waals surface area (Å²) in [5.74, 6) is -1.04. The maximum atomic E-state index is 11.0. The summed E-state index contributed by atoms with van der Waals surface area (Å²) in [5, 5.41) is 11.1. The first-order valence-corrected chi connectivity index (χ1v) is 6.53. The van der Waals surface area contributed by atoms with Gasteiger partial charge in [0, 0.05) is 23.0 Å². The predicted octanol–water partition coefficient (Wildman–Crippen LogP) is 3.66. The molecular weight excluding hydrogens is 273 g/mol. The maximum absolute atomic E-state index is 11.0. The second-order valence-electron chi connectivity index (χ2n) is 4.64. The lowest BCUT2D eigenvalue weighted by molar-refractivity contribution is -0.142. The first kappa shape index (κ1) is 11.9. The molecule has 1 aliphatic rings. The van der Waals surface area contributed by atoms with Crippen LogP contribution in [-0.2, 0) is 17.6 Å². The van der Waals surface area contributed by atoms with Crippen molar-refractivity contribution in [3.8, 4) is 0 Å². The number of halogens is 2. The number of benzene rings is 1. The first-order valence-electron chi connectivity index (χ1n) is 5.78. The van der Waals surface area contributed by atoms with Crippen LogP contribution in [-0.4, -0.2) is 16.1 Å². The summed E-state index contributed by atoms with van der Waals surface area (Å²) in [6, 6.07) is 3.64. The normalized spacial score (nSPS) is 18.9. The number of carboxylic acids is 1. The van der Waals surface area contributed by atoms with Crippen LogP contribution in [0.5, 0.6) is 0 Å². The van der Waals surface area contributed by atoms with Crippen molar-refractivity contribution >= 4 is 40.1 Å². The van der Waals surface area contributed by atoms with E-state index in [-0.39, 0.29) is 5.92 Å². The van der Waals surface area contributed by atoms with Gasteiger partial charge in [-0.25, -0.2) is 0 Å². The van der Waals surface area contributed by atoms with Crippen molar-refractivity contribution in [1.29, 1.82) is 0 Å². The minimum Gasteiger partial charge on any atom is -0.481 e. The van der Waals surface area contributed by atoms with E-state index >= 15 is 0 Å². The highest BCUT2D eigenvalue weighted by Crippen LogP contribution is 2.38. The van der Waals surface area contributed by atoms with Gasteiger partial charge in [0.15, 0.2) is 0 Å². The maximum Gasteiger partial charge on any atom is 0.306 e. The molecule has 1 atom stereocenters. The summed E-state index contributed by atoms with van der Waals surface area (Å²) < 4.78 is 0. The van der Waals surface area contributed by atoms with E-state index < -0.39 is 5.97 Å². The van der Waals surface area contributed by atoms with Crippen molar-refractivity contribution in [3.05, 3.63) is 33.4 Å². The third-order valence-electron chi connectivity index (χ3n) is 3.59. The molecule has 1 aromatic carbocycles. The molecule has 0 aliphatic heterocycles. The van der Waals surface area contributed by atoms with Crippen LogP contribution >= 0.6 is 23.2 Å². The molecule has 0 bridgehead atoms. The molecule has 2 aromatic rings. The third kappa shape index (κ3) is 1.70. The van der Waals surface area contributed by atoms with Gasteiger partial charge < -0.3 is 10.1 Å². The number of aromatic amines is 1. The molecule has 0 fully saturated rings. The molecule has 2 N–H and O–H groups in total. The van der Waals surface area contributed by atoms with Gasteiger partial charge in [0.05, 0.1) is 16.0 Å². The Morgan fingerprint density at radius 2 is 2.17 bits per heavy atom. The zero-order chi connectivity index (χ0) is 12.9. The average Bonchev–Trinajstić information content (AvgIpc) is 2.71. The lowest BCUT2D eigenvalue weighted by Crippen LogP contribution is -2.21. The number of carboxylic acid groups (broad SMARTS) is 1. The quantitative estimate of drug-likeness (QED) is 0.839. The Balaban J connectivity index is 2.16. The van der Waals surface area contributed by atoms with Gasteiger partial charge in [-0.1, -0.05) is 23.2 Å². The number of H-pyrrole nitrogens is 1. The molecule has 3 rings (SSSR count). The van der Waals surface area contributed by atoms with Gasteiger partial charge in [-0.2, -0.15) is 0 Å². The lowest BCUT2D eigenvalue weighted by atomic mass is 9.87. The predicted molar refractivity (Wildman–Crippen MR) is 71.5 cm³/mol. The standard InChI is InChI=1S/C13H11Cl2NO2/c14-8-3-4-9-11(12(8)15)7-2-1-6(13(17)18)5-10(7)16-9/h3-4,6,16H,1-2,5H2,(H,17,18). The molecule has 0 saturated heterocycles. The molecule has 1 heterocycles. The van der Waals surface area contributed by atoms with Crippen molar-refractivity contribution in [2.45, 2.75) is 19.3 Å². The van der Waals surface area contributed by atoms with E-state index in [1.807, 2.05) is 6.07 Å². The van der Waals surface area contributed by atoms with E-state index in [9.17, 15) is 4.79 Å². The zero-order valence-electron chi connectivity index (χ0n) is 9.46. The highest BCUT2D eigenvalue weighted by molar-refractivity contribution is 6.45. The van der Waals surface area contributed by atoms with Gasteiger partial charge >= 0.3 is 5.97 Å². The summed E-state index contributed by atoms with van der Waals surface area (Å²) in [7, 11) is 0. The number of rotatable bonds is 1. The van der Waals surface area contributed by atoms with E-state index in [2.05, 4.69) is 4.98 Å². The Morgan fingerprint density at radius 1 is 1.39 bits per heavy atom. The van der Waals surface area contributed by atoms with E-state index in [1.165, 1.54) is 0 Å². The van der Waals surface area contributed by atoms with Crippen LogP contribution in [0.3, 0.4) is 0 Å². The van der Waals surface area contributed by atoms with E-state index in [1.54, 1.807) is 6.07 Å². The fourth-order valence-electron chi connectivity index (χ4n) is 2.67. The number of hydrogen-bond acceptors (Lipinski definition) is 1. The van der Waals surface area contributed by atoms with Crippen LogP contribution in [0, 0.1) is 5.92 Å². The second kappa shape index (κ2) is 4.18. The van der Waals surface area contributed by atoms with Crippen LogP contribution in [0.25, 0.3) is 10.9 Å². The number of fused-ring (bicyclic) bond motifs is 3.